The molecule has 0 radical (unpaired) electrons. The average molecular weight is 381 g/mol. The Morgan fingerprint density at radius 1 is 1.18 bits per heavy atom. The molecular formula is C22H27N3O3. The van der Waals surface area contributed by atoms with Crippen LogP contribution in [0.2, 0.25) is 0 Å². The first-order valence-electron chi connectivity index (χ1n) is 9.70. The molecule has 2 aromatic heterocycles. The first-order valence-corrected chi connectivity index (χ1v) is 9.70. The van der Waals surface area contributed by atoms with Gasteiger partial charge in [-0.25, -0.2) is 0 Å². The van der Waals surface area contributed by atoms with Gasteiger partial charge in [-0.05, 0) is 50.1 Å². The molecule has 0 spiro atoms. The number of hydrogen-bond donors (Lipinski definition) is 1. The summed E-state index contributed by atoms with van der Waals surface area (Å²) in [6, 6.07) is 11.5. The van der Waals surface area contributed by atoms with E-state index in [1.54, 1.807) is 12.1 Å². The van der Waals surface area contributed by atoms with Gasteiger partial charge in [-0.1, -0.05) is 25.5 Å². The van der Waals surface area contributed by atoms with E-state index in [-0.39, 0.29) is 18.3 Å². The summed E-state index contributed by atoms with van der Waals surface area (Å²) < 4.78 is 13.2. The fraction of sp³-hybridized carbons (Fsp3) is 0.364. The minimum atomic E-state index is -0.251. The number of furan rings is 1. The second kappa shape index (κ2) is 9.26. The molecule has 0 aliphatic rings. The van der Waals surface area contributed by atoms with Gasteiger partial charge in [0.15, 0.2) is 5.76 Å². The number of benzene rings is 1. The topological polar surface area (TPSA) is 69.3 Å². The summed E-state index contributed by atoms with van der Waals surface area (Å²) >= 11 is 0. The fourth-order valence-electron chi connectivity index (χ4n) is 2.93. The molecule has 0 aliphatic carbocycles. The van der Waals surface area contributed by atoms with Gasteiger partial charge in [0, 0.05) is 24.8 Å². The molecule has 0 unspecified atom stereocenters. The lowest BCUT2D eigenvalue weighted by Crippen LogP contribution is -2.22. The van der Waals surface area contributed by atoms with Crippen molar-refractivity contribution in [2.45, 2.75) is 53.3 Å². The number of carbonyl (C=O) groups is 1. The molecule has 3 aromatic rings. The SMILES string of the molecule is CCCc1ccc(OCc2ccc(C(=O)NCc3cn(CC)nc3C)o2)cc1. The van der Waals surface area contributed by atoms with Crippen LogP contribution in [0.1, 0.15) is 53.4 Å². The first-order chi connectivity index (χ1) is 13.6. The summed E-state index contributed by atoms with van der Waals surface area (Å²) in [5, 5.41) is 7.25. The van der Waals surface area contributed by atoms with Crippen molar-refractivity contribution in [2.75, 3.05) is 0 Å². The van der Waals surface area contributed by atoms with Gasteiger partial charge in [0.2, 0.25) is 0 Å². The van der Waals surface area contributed by atoms with E-state index in [4.69, 9.17) is 9.15 Å². The third-order valence-corrected chi connectivity index (χ3v) is 4.54. The van der Waals surface area contributed by atoms with Crippen molar-refractivity contribution in [1.29, 1.82) is 0 Å². The van der Waals surface area contributed by atoms with E-state index in [0.717, 1.165) is 36.4 Å². The number of carbonyl (C=O) groups excluding carboxylic acids is 1. The lowest BCUT2D eigenvalue weighted by Gasteiger charge is -2.05. The molecule has 6 heteroatoms. The highest BCUT2D eigenvalue weighted by Gasteiger charge is 2.13. The largest absolute Gasteiger partial charge is 0.486 e. The molecule has 1 aromatic carbocycles. The molecule has 2 heterocycles. The highest BCUT2D eigenvalue weighted by atomic mass is 16.5. The molecular weight excluding hydrogens is 354 g/mol. The summed E-state index contributed by atoms with van der Waals surface area (Å²) in [4.78, 5) is 12.3. The molecule has 0 fully saturated rings. The number of rotatable bonds is 9. The molecule has 0 aliphatic heterocycles. The van der Waals surface area contributed by atoms with Crippen LogP contribution in [0.25, 0.3) is 0 Å². The van der Waals surface area contributed by atoms with Gasteiger partial charge in [0.1, 0.15) is 18.1 Å². The van der Waals surface area contributed by atoms with E-state index >= 15 is 0 Å². The first kappa shape index (κ1) is 19.7. The van der Waals surface area contributed by atoms with Crippen molar-refractivity contribution in [1.82, 2.24) is 15.1 Å². The van der Waals surface area contributed by atoms with E-state index in [0.29, 0.717) is 12.3 Å². The van der Waals surface area contributed by atoms with Crippen molar-refractivity contribution in [3.63, 3.8) is 0 Å². The van der Waals surface area contributed by atoms with Gasteiger partial charge in [-0.2, -0.15) is 5.10 Å². The maximum absolute atomic E-state index is 12.3. The Balaban J connectivity index is 1.51. The summed E-state index contributed by atoms with van der Waals surface area (Å²) in [5.74, 6) is 1.42. The number of ether oxygens (including phenoxy) is 1. The molecule has 1 N–H and O–H groups in total. The summed E-state index contributed by atoms with van der Waals surface area (Å²) in [6.45, 7) is 7.63. The molecule has 148 valence electrons. The van der Waals surface area contributed by atoms with Gasteiger partial charge in [-0.15, -0.1) is 0 Å². The standard InChI is InChI=1S/C22H27N3O3/c1-4-6-17-7-9-19(10-8-17)27-15-20-11-12-21(28-20)22(26)23-13-18-14-25(5-2)24-16(18)3/h7-12,14H,4-6,13,15H2,1-3H3,(H,23,26). The Morgan fingerprint density at radius 2 is 1.96 bits per heavy atom. The van der Waals surface area contributed by atoms with E-state index in [1.165, 1.54) is 5.56 Å². The van der Waals surface area contributed by atoms with Crippen LogP contribution >= 0.6 is 0 Å². The predicted octanol–water partition coefficient (Wildman–Crippen LogP) is 4.27. The Bertz CT molecular complexity index is 910. The van der Waals surface area contributed by atoms with Crippen LogP contribution < -0.4 is 10.1 Å². The zero-order chi connectivity index (χ0) is 19.9. The smallest absolute Gasteiger partial charge is 0.287 e. The van der Waals surface area contributed by atoms with Crippen LogP contribution in [0.15, 0.2) is 47.0 Å². The number of nitrogens with one attached hydrogen (secondary N) is 1. The highest BCUT2D eigenvalue weighted by Crippen LogP contribution is 2.16. The van der Waals surface area contributed by atoms with E-state index in [1.807, 2.05) is 36.9 Å². The maximum atomic E-state index is 12.3. The van der Waals surface area contributed by atoms with Crippen LogP contribution in [0.5, 0.6) is 5.75 Å². The highest BCUT2D eigenvalue weighted by molar-refractivity contribution is 5.91. The van der Waals surface area contributed by atoms with Gasteiger partial charge in [0.05, 0.1) is 5.69 Å². The minimum absolute atomic E-state index is 0.251. The Labute approximate surface area is 165 Å². The monoisotopic (exact) mass is 381 g/mol. The van der Waals surface area contributed by atoms with Gasteiger partial charge < -0.3 is 14.5 Å². The van der Waals surface area contributed by atoms with Crippen LogP contribution in [-0.2, 0) is 26.1 Å². The Hall–Kier alpha value is -3.02. The van der Waals surface area contributed by atoms with Crippen LogP contribution in [-0.4, -0.2) is 15.7 Å². The van der Waals surface area contributed by atoms with Gasteiger partial charge >= 0.3 is 0 Å². The van der Waals surface area contributed by atoms with E-state index in [2.05, 4.69) is 29.5 Å². The zero-order valence-electron chi connectivity index (χ0n) is 16.7. The summed E-state index contributed by atoms with van der Waals surface area (Å²) in [6.07, 6.45) is 4.14. The number of nitrogens with zero attached hydrogens (tertiary/aromatic N) is 2. The lowest BCUT2D eigenvalue weighted by atomic mass is 10.1. The molecule has 0 saturated carbocycles. The number of aryl methyl sites for hydroxylation is 3. The number of amides is 1. The van der Waals surface area contributed by atoms with Crippen molar-refractivity contribution in [2.24, 2.45) is 0 Å². The molecule has 1 amide bonds. The molecule has 0 bridgehead atoms. The quantitative estimate of drug-likeness (QED) is 0.601. The molecule has 3 rings (SSSR count). The van der Waals surface area contributed by atoms with Crippen molar-refractivity contribution in [3.8, 4) is 5.75 Å². The predicted molar refractivity (Wildman–Crippen MR) is 107 cm³/mol. The average Bonchev–Trinajstić information content (AvgIpc) is 3.32. The van der Waals surface area contributed by atoms with Crippen molar-refractivity contribution >= 4 is 5.91 Å². The third kappa shape index (κ3) is 5.03. The van der Waals surface area contributed by atoms with Crippen LogP contribution in [0.4, 0.5) is 0 Å². The van der Waals surface area contributed by atoms with Crippen LogP contribution in [0.3, 0.4) is 0 Å². The zero-order valence-corrected chi connectivity index (χ0v) is 16.7. The summed E-state index contributed by atoms with van der Waals surface area (Å²) in [7, 11) is 0. The molecule has 6 nitrogen and oxygen atoms in total. The second-order valence-electron chi connectivity index (χ2n) is 6.73. The fourth-order valence-corrected chi connectivity index (χ4v) is 2.93. The van der Waals surface area contributed by atoms with E-state index in [9.17, 15) is 4.79 Å². The third-order valence-electron chi connectivity index (χ3n) is 4.54. The summed E-state index contributed by atoms with van der Waals surface area (Å²) in [5.41, 5.74) is 3.21. The van der Waals surface area contributed by atoms with Gasteiger partial charge in [-0.3, -0.25) is 9.48 Å². The number of hydrogen-bond acceptors (Lipinski definition) is 4. The lowest BCUT2D eigenvalue weighted by molar-refractivity contribution is 0.0919. The second-order valence-corrected chi connectivity index (χ2v) is 6.73. The van der Waals surface area contributed by atoms with Gasteiger partial charge in [0.25, 0.3) is 5.91 Å². The normalized spacial score (nSPS) is 10.8. The maximum Gasteiger partial charge on any atom is 0.287 e. The van der Waals surface area contributed by atoms with Crippen molar-refractivity contribution < 1.29 is 13.9 Å². The molecule has 0 atom stereocenters. The number of aromatic nitrogens is 2. The molecule has 28 heavy (non-hydrogen) atoms. The van der Waals surface area contributed by atoms with E-state index < -0.39 is 0 Å². The minimum Gasteiger partial charge on any atom is -0.486 e. The Morgan fingerprint density at radius 3 is 2.64 bits per heavy atom. The van der Waals surface area contributed by atoms with Crippen molar-refractivity contribution in [3.05, 3.63) is 70.9 Å². The molecule has 0 saturated heterocycles. The van der Waals surface area contributed by atoms with Crippen LogP contribution in [0, 0.1) is 6.92 Å². The Kier molecular flexibility index (Phi) is 6.53.